The Morgan fingerprint density at radius 2 is 2.00 bits per heavy atom. The number of aromatic amines is 1. The molecule has 2 aliphatic rings. The van der Waals surface area contributed by atoms with Crippen molar-refractivity contribution in [2.24, 2.45) is 0 Å². The zero-order chi connectivity index (χ0) is 20.8. The number of thiophene rings is 1. The van der Waals surface area contributed by atoms with E-state index < -0.39 is 0 Å². The van der Waals surface area contributed by atoms with E-state index in [1.807, 2.05) is 26.0 Å². The molecule has 1 aromatic carbocycles. The Kier molecular flexibility index (Phi) is 4.65. The normalized spacial score (nSPS) is 15.7. The van der Waals surface area contributed by atoms with E-state index in [0.717, 1.165) is 16.0 Å². The van der Waals surface area contributed by atoms with E-state index >= 15 is 0 Å². The van der Waals surface area contributed by atoms with Gasteiger partial charge in [-0.15, -0.1) is 11.3 Å². The van der Waals surface area contributed by atoms with Crippen molar-refractivity contribution in [3.05, 3.63) is 45.1 Å². The van der Waals surface area contributed by atoms with Gasteiger partial charge in [-0.1, -0.05) is 12.1 Å². The Morgan fingerprint density at radius 3 is 2.73 bits per heavy atom. The summed E-state index contributed by atoms with van der Waals surface area (Å²) in [7, 11) is 0. The van der Waals surface area contributed by atoms with Gasteiger partial charge in [0.15, 0.2) is 5.78 Å². The lowest BCUT2D eigenvalue weighted by Gasteiger charge is -2.27. The molecule has 0 atom stereocenters. The van der Waals surface area contributed by atoms with Crippen molar-refractivity contribution in [3.63, 3.8) is 0 Å². The van der Waals surface area contributed by atoms with Gasteiger partial charge >= 0.3 is 6.03 Å². The molecule has 0 saturated carbocycles. The van der Waals surface area contributed by atoms with Crippen molar-refractivity contribution < 1.29 is 14.3 Å². The predicted octanol–water partition coefficient (Wildman–Crippen LogP) is 3.34. The highest BCUT2D eigenvalue weighted by atomic mass is 32.1. The fourth-order valence-electron chi connectivity index (χ4n) is 4.02. The molecule has 0 unspecified atom stereocenters. The summed E-state index contributed by atoms with van der Waals surface area (Å²) in [6.07, 6.45) is 0. The molecule has 1 saturated heterocycles. The minimum atomic E-state index is -0.378. The quantitative estimate of drug-likeness (QED) is 0.469. The Hall–Kier alpha value is -3.01. The highest BCUT2D eigenvalue weighted by molar-refractivity contribution is 7.12. The molecule has 0 radical (unpaired) electrons. The fraction of sp³-hybridized carbons (Fsp3) is 0.286. The molecule has 0 bridgehead atoms. The molecular formula is C21H21N5O3S. The van der Waals surface area contributed by atoms with Crippen molar-refractivity contribution in [2.75, 3.05) is 31.6 Å². The van der Waals surface area contributed by atoms with Crippen LogP contribution in [0.4, 0.5) is 10.5 Å². The van der Waals surface area contributed by atoms with E-state index in [2.05, 4.69) is 27.0 Å². The maximum absolute atomic E-state index is 13.4. The van der Waals surface area contributed by atoms with Crippen molar-refractivity contribution in [2.45, 2.75) is 13.8 Å². The molecule has 1 aliphatic heterocycles. The first-order valence-corrected chi connectivity index (χ1v) is 10.6. The number of urea groups is 1. The van der Waals surface area contributed by atoms with Crippen LogP contribution < -0.4 is 10.7 Å². The first-order chi connectivity index (χ1) is 14.5. The van der Waals surface area contributed by atoms with Crippen LogP contribution >= 0.6 is 11.3 Å². The van der Waals surface area contributed by atoms with Crippen molar-refractivity contribution in [3.8, 4) is 22.5 Å². The summed E-state index contributed by atoms with van der Waals surface area (Å²) < 4.78 is 5.29. The van der Waals surface area contributed by atoms with Gasteiger partial charge in [-0.2, -0.15) is 5.10 Å². The number of hydrogen-bond donors (Lipinski definition) is 3. The largest absolute Gasteiger partial charge is 0.379 e. The number of hydrazine groups is 1. The number of anilines is 1. The highest BCUT2D eigenvalue weighted by Gasteiger charge is 2.35. The number of amides is 2. The van der Waals surface area contributed by atoms with Gasteiger partial charge in [0.2, 0.25) is 0 Å². The van der Waals surface area contributed by atoms with Crippen LogP contribution in [0.1, 0.15) is 25.7 Å². The second kappa shape index (κ2) is 7.35. The van der Waals surface area contributed by atoms with Crippen LogP contribution in [0.15, 0.2) is 24.3 Å². The highest BCUT2D eigenvalue weighted by Crippen LogP contribution is 2.44. The summed E-state index contributed by atoms with van der Waals surface area (Å²) >= 11 is 1.68. The second-order valence-electron chi connectivity index (χ2n) is 7.37. The standard InChI is InChI=1S/C21H21N5O3S/c1-11-10-14(12(2)30-11)19-17-18(23-24-19)13-4-3-5-15(16(13)20(17)27)22-21(28)25-26-6-8-29-9-7-26/h3-5,10H,6-9H2,1-2H3,(H,23,24)(H2,22,25,28). The molecule has 1 aliphatic carbocycles. The number of rotatable bonds is 3. The van der Waals surface area contributed by atoms with E-state index in [-0.39, 0.29) is 11.8 Å². The summed E-state index contributed by atoms with van der Waals surface area (Å²) in [6, 6.07) is 7.12. The Bertz CT molecular complexity index is 1160. The molecule has 30 heavy (non-hydrogen) atoms. The first-order valence-electron chi connectivity index (χ1n) is 9.77. The molecule has 2 amide bonds. The van der Waals surface area contributed by atoms with E-state index in [4.69, 9.17) is 4.74 Å². The number of H-pyrrole nitrogens is 1. The average Bonchev–Trinajstić information content (AvgIpc) is 3.37. The zero-order valence-electron chi connectivity index (χ0n) is 16.7. The Morgan fingerprint density at radius 1 is 1.20 bits per heavy atom. The molecule has 154 valence electrons. The Balaban J connectivity index is 1.45. The number of aromatic nitrogens is 2. The third-order valence-corrected chi connectivity index (χ3v) is 6.34. The van der Waals surface area contributed by atoms with E-state index in [9.17, 15) is 9.59 Å². The fourth-order valence-corrected chi connectivity index (χ4v) is 4.95. The first kappa shape index (κ1) is 19.0. The van der Waals surface area contributed by atoms with E-state index in [0.29, 0.717) is 54.5 Å². The second-order valence-corrected chi connectivity index (χ2v) is 8.83. The lowest BCUT2D eigenvalue weighted by molar-refractivity contribution is 0.0207. The van der Waals surface area contributed by atoms with Crippen LogP contribution in [-0.4, -0.2) is 53.3 Å². The van der Waals surface area contributed by atoms with Gasteiger partial charge in [0.1, 0.15) is 5.69 Å². The third kappa shape index (κ3) is 3.11. The monoisotopic (exact) mass is 423 g/mol. The van der Waals surface area contributed by atoms with Gasteiger partial charge in [-0.3, -0.25) is 15.3 Å². The maximum Gasteiger partial charge on any atom is 0.333 e. The molecule has 3 N–H and O–H groups in total. The number of hydrogen-bond acceptors (Lipinski definition) is 6. The number of carbonyl (C=O) groups excluding carboxylic acids is 2. The van der Waals surface area contributed by atoms with Gasteiger partial charge in [0, 0.05) is 34.0 Å². The number of nitrogens with one attached hydrogen (secondary N) is 3. The molecule has 8 nitrogen and oxygen atoms in total. The average molecular weight is 423 g/mol. The molecule has 2 aromatic heterocycles. The minimum Gasteiger partial charge on any atom is -0.379 e. The van der Waals surface area contributed by atoms with Crippen LogP contribution in [0.3, 0.4) is 0 Å². The summed E-state index contributed by atoms with van der Waals surface area (Å²) in [6.45, 7) is 6.47. The Labute approximate surface area is 177 Å². The molecule has 0 spiro atoms. The van der Waals surface area contributed by atoms with Crippen molar-refractivity contribution >= 4 is 28.8 Å². The lowest BCUT2D eigenvalue weighted by atomic mass is 10.0. The number of morpholine rings is 1. The topological polar surface area (TPSA) is 99.3 Å². The van der Waals surface area contributed by atoms with Crippen LogP contribution in [0, 0.1) is 13.8 Å². The number of ketones is 1. The zero-order valence-corrected chi connectivity index (χ0v) is 17.5. The van der Waals surface area contributed by atoms with Crippen LogP contribution in [-0.2, 0) is 4.74 Å². The molecular weight excluding hydrogens is 402 g/mol. The molecule has 3 aromatic rings. The summed E-state index contributed by atoms with van der Waals surface area (Å²) in [5, 5.41) is 12.1. The van der Waals surface area contributed by atoms with E-state index in [1.54, 1.807) is 22.4 Å². The number of nitrogens with zero attached hydrogens (tertiary/aromatic N) is 2. The van der Waals surface area contributed by atoms with Crippen LogP contribution in [0.2, 0.25) is 0 Å². The van der Waals surface area contributed by atoms with Gasteiger partial charge < -0.3 is 10.1 Å². The molecule has 3 heterocycles. The molecule has 5 rings (SSSR count). The number of ether oxygens (including phenoxy) is 1. The van der Waals surface area contributed by atoms with Gasteiger partial charge in [-0.25, -0.2) is 9.80 Å². The van der Waals surface area contributed by atoms with Gasteiger partial charge in [-0.05, 0) is 26.0 Å². The summed E-state index contributed by atoms with van der Waals surface area (Å²) in [5.41, 5.74) is 7.43. The van der Waals surface area contributed by atoms with Crippen LogP contribution in [0.25, 0.3) is 22.5 Å². The predicted molar refractivity (Wildman–Crippen MR) is 115 cm³/mol. The summed E-state index contributed by atoms with van der Waals surface area (Å²) in [4.78, 5) is 28.2. The van der Waals surface area contributed by atoms with Crippen LogP contribution in [0.5, 0.6) is 0 Å². The maximum atomic E-state index is 13.4. The SMILES string of the molecule is Cc1cc(-c2n[nH]c3c2C(=O)c2c(NC(=O)NN4CCOCC4)cccc2-3)c(C)s1. The molecule has 9 heteroatoms. The molecule has 1 fully saturated rings. The van der Waals surface area contributed by atoms with Gasteiger partial charge in [0.25, 0.3) is 0 Å². The van der Waals surface area contributed by atoms with Crippen molar-refractivity contribution in [1.29, 1.82) is 0 Å². The summed E-state index contributed by atoms with van der Waals surface area (Å²) in [5.74, 6) is -0.130. The number of carbonyl (C=O) groups is 2. The number of benzene rings is 1. The smallest absolute Gasteiger partial charge is 0.333 e. The van der Waals surface area contributed by atoms with Gasteiger partial charge in [0.05, 0.1) is 35.7 Å². The van der Waals surface area contributed by atoms with Crippen molar-refractivity contribution in [1.82, 2.24) is 20.6 Å². The number of fused-ring (bicyclic) bond motifs is 3. The third-order valence-electron chi connectivity index (χ3n) is 5.37. The minimum absolute atomic E-state index is 0.130. The lowest BCUT2D eigenvalue weighted by Crippen LogP contribution is -2.49. The number of aryl methyl sites for hydroxylation is 2. The van der Waals surface area contributed by atoms with E-state index in [1.165, 1.54) is 4.88 Å².